The molecule has 0 bridgehead atoms. The highest BCUT2D eigenvalue weighted by molar-refractivity contribution is 8.00. The molecule has 3 atom stereocenters. The second-order valence-corrected chi connectivity index (χ2v) is 10.1. The third-order valence-electron chi connectivity index (χ3n) is 6.86. The minimum atomic E-state index is -1.27. The number of amides is 2. The molecule has 180 valence electrons. The number of hydrogen-bond donors (Lipinski definition) is 2. The van der Waals surface area contributed by atoms with E-state index in [4.69, 9.17) is 4.74 Å². The average molecular weight is 483 g/mol. The first-order valence-corrected chi connectivity index (χ1v) is 12.7. The molecular formula is C26H30N2O5S. The molecular weight excluding hydrogens is 452 g/mol. The Kier molecular flexibility index (Phi) is 6.89. The van der Waals surface area contributed by atoms with Crippen LogP contribution in [0.15, 0.2) is 48.5 Å². The van der Waals surface area contributed by atoms with Gasteiger partial charge in [-0.3, -0.25) is 4.79 Å². The molecule has 0 radical (unpaired) electrons. The number of carboxylic acids is 1. The highest BCUT2D eigenvalue weighted by atomic mass is 32.2. The van der Waals surface area contributed by atoms with Crippen LogP contribution in [-0.4, -0.2) is 57.3 Å². The molecule has 0 spiro atoms. The Morgan fingerprint density at radius 3 is 2.21 bits per heavy atom. The molecule has 2 N–H and O–H groups in total. The van der Waals surface area contributed by atoms with Gasteiger partial charge >= 0.3 is 12.1 Å². The van der Waals surface area contributed by atoms with Gasteiger partial charge in [0.1, 0.15) is 18.2 Å². The van der Waals surface area contributed by atoms with Gasteiger partial charge in [-0.25, -0.2) is 9.59 Å². The number of hydrogen-bond acceptors (Lipinski definition) is 5. The quantitative estimate of drug-likeness (QED) is 0.605. The zero-order valence-electron chi connectivity index (χ0n) is 19.6. The van der Waals surface area contributed by atoms with Gasteiger partial charge in [0, 0.05) is 11.7 Å². The molecule has 1 heterocycles. The average Bonchev–Trinajstić information content (AvgIpc) is 3.41. The fourth-order valence-corrected chi connectivity index (χ4v) is 6.13. The molecule has 1 saturated heterocycles. The van der Waals surface area contributed by atoms with Gasteiger partial charge in [-0.15, -0.1) is 11.8 Å². The summed E-state index contributed by atoms with van der Waals surface area (Å²) in [6.07, 6.45) is 0.247. The van der Waals surface area contributed by atoms with Crippen LogP contribution in [0.2, 0.25) is 0 Å². The number of carboxylic acid groups (broad SMARTS) is 1. The van der Waals surface area contributed by atoms with Crippen molar-refractivity contribution in [1.29, 1.82) is 0 Å². The summed E-state index contributed by atoms with van der Waals surface area (Å²) < 4.78 is 5.64. The summed E-state index contributed by atoms with van der Waals surface area (Å²) in [7, 11) is 0. The molecule has 1 fully saturated rings. The van der Waals surface area contributed by atoms with E-state index in [2.05, 4.69) is 17.4 Å². The maximum absolute atomic E-state index is 13.5. The van der Waals surface area contributed by atoms with Crippen molar-refractivity contribution in [3.8, 4) is 11.1 Å². The molecule has 2 aromatic carbocycles. The van der Waals surface area contributed by atoms with E-state index >= 15 is 0 Å². The Morgan fingerprint density at radius 2 is 1.68 bits per heavy atom. The van der Waals surface area contributed by atoms with Crippen LogP contribution in [0.4, 0.5) is 4.79 Å². The van der Waals surface area contributed by atoms with Gasteiger partial charge in [0.15, 0.2) is 0 Å². The largest absolute Gasteiger partial charge is 0.480 e. The van der Waals surface area contributed by atoms with Gasteiger partial charge in [0.25, 0.3) is 0 Å². The monoisotopic (exact) mass is 482 g/mol. The summed E-state index contributed by atoms with van der Waals surface area (Å²) in [4.78, 5) is 39.5. The molecule has 3 unspecified atom stereocenters. The topological polar surface area (TPSA) is 95.9 Å². The highest BCUT2D eigenvalue weighted by Crippen LogP contribution is 2.44. The van der Waals surface area contributed by atoms with Crippen molar-refractivity contribution in [3.63, 3.8) is 0 Å². The molecule has 4 rings (SSSR count). The molecule has 0 saturated carbocycles. The molecule has 8 heteroatoms. The number of alkyl carbamates (subject to hydrolysis) is 1. The third-order valence-corrected chi connectivity index (χ3v) is 8.32. The predicted octanol–water partition coefficient (Wildman–Crippen LogP) is 4.46. The normalized spacial score (nSPS) is 20.9. The zero-order chi connectivity index (χ0) is 24.5. The van der Waals surface area contributed by atoms with Crippen LogP contribution in [0, 0.1) is 0 Å². The number of carbonyl (C=O) groups excluding carboxylic acids is 2. The number of nitrogens with one attached hydrogen (secondary N) is 1. The van der Waals surface area contributed by atoms with E-state index in [0.29, 0.717) is 18.6 Å². The van der Waals surface area contributed by atoms with E-state index in [1.165, 1.54) is 16.7 Å². The second-order valence-electron chi connectivity index (χ2n) is 8.90. The minimum Gasteiger partial charge on any atom is -0.480 e. The van der Waals surface area contributed by atoms with Gasteiger partial charge in [-0.2, -0.15) is 0 Å². The van der Waals surface area contributed by atoms with Crippen molar-refractivity contribution in [2.45, 2.75) is 56.5 Å². The first kappa shape index (κ1) is 24.1. The summed E-state index contributed by atoms with van der Waals surface area (Å²) >= 11 is 1.46. The Morgan fingerprint density at radius 1 is 1.09 bits per heavy atom. The Balaban J connectivity index is 1.48. The maximum atomic E-state index is 13.5. The van der Waals surface area contributed by atoms with Crippen LogP contribution in [0.1, 0.15) is 50.7 Å². The minimum absolute atomic E-state index is 0.0856. The van der Waals surface area contributed by atoms with Gasteiger partial charge in [-0.1, -0.05) is 62.4 Å². The lowest BCUT2D eigenvalue weighted by Crippen LogP contribution is -2.61. The molecule has 34 heavy (non-hydrogen) atoms. The van der Waals surface area contributed by atoms with Gasteiger partial charge in [0.2, 0.25) is 5.91 Å². The number of rotatable bonds is 7. The lowest BCUT2D eigenvalue weighted by molar-refractivity contribution is -0.152. The standard InChI is InChI=1S/C26H30N2O5S/c1-4-22-28(21(15-34-22)23(29)30)24(31)26(3,5-2)27-25(32)33-14-20-18-12-8-6-10-16(18)17-11-7-9-13-19(17)20/h6-13,20-22H,4-5,14-15H2,1-3H3,(H,27,32)(H,29,30). The Hall–Kier alpha value is -3.00. The fourth-order valence-electron chi connectivity index (χ4n) is 4.78. The molecule has 0 aromatic heterocycles. The van der Waals surface area contributed by atoms with Crippen LogP contribution in [0.3, 0.4) is 0 Å². The smallest absolute Gasteiger partial charge is 0.408 e. The predicted molar refractivity (Wildman–Crippen MR) is 132 cm³/mol. The van der Waals surface area contributed by atoms with Crippen molar-refractivity contribution in [2.24, 2.45) is 0 Å². The van der Waals surface area contributed by atoms with E-state index < -0.39 is 29.6 Å². The van der Waals surface area contributed by atoms with Crippen molar-refractivity contribution < 1.29 is 24.2 Å². The first-order valence-electron chi connectivity index (χ1n) is 11.6. The van der Waals surface area contributed by atoms with Gasteiger partial charge < -0.3 is 20.1 Å². The summed E-state index contributed by atoms with van der Waals surface area (Å²) in [5.41, 5.74) is 3.22. The molecule has 2 amide bonds. The van der Waals surface area contributed by atoms with Crippen molar-refractivity contribution in [2.75, 3.05) is 12.4 Å². The molecule has 2 aliphatic rings. The number of carbonyl (C=O) groups is 3. The van der Waals surface area contributed by atoms with E-state index in [0.717, 1.165) is 22.3 Å². The summed E-state index contributed by atoms with van der Waals surface area (Å²) in [6.45, 7) is 5.49. The summed E-state index contributed by atoms with van der Waals surface area (Å²) in [6, 6.07) is 15.3. The van der Waals surface area contributed by atoms with Crippen LogP contribution < -0.4 is 5.32 Å². The van der Waals surface area contributed by atoms with E-state index in [1.807, 2.05) is 43.3 Å². The first-order chi connectivity index (χ1) is 16.3. The van der Waals surface area contributed by atoms with E-state index in [9.17, 15) is 19.5 Å². The van der Waals surface area contributed by atoms with Crippen LogP contribution in [0.25, 0.3) is 11.1 Å². The lowest BCUT2D eigenvalue weighted by atomic mass is 9.96. The number of aliphatic carboxylic acids is 1. The van der Waals surface area contributed by atoms with Crippen LogP contribution in [-0.2, 0) is 14.3 Å². The lowest BCUT2D eigenvalue weighted by Gasteiger charge is -2.36. The number of ether oxygens (including phenoxy) is 1. The maximum Gasteiger partial charge on any atom is 0.408 e. The van der Waals surface area contributed by atoms with E-state index in [1.54, 1.807) is 13.8 Å². The Bertz CT molecular complexity index is 1060. The molecule has 2 aromatic rings. The molecule has 1 aliphatic carbocycles. The number of thioether (sulfide) groups is 1. The van der Waals surface area contributed by atoms with Gasteiger partial charge in [-0.05, 0) is 42.0 Å². The third kappa shape index (κ3) is 4.27. The SMILES string of the molecule is CCC1SCC(C(=O)O)N1C(=O)C(C)(CC)NC(=O)OCC1c2ccccc2-c2ccccc21. The van der Waals surface area contributed by atoms with Gasteiger partial charge in [0.05, 0.1) is 5.37 Å². The van der Waals surface area contributed by atoms with Crippen molar-refractivity contribution in [1.82, 2.24) is 10.2 Å². The molecule has 1 aliphatic heterocycles. The molecule has 7 nitrogen and oxygen atoms in total. The number of nitrogens with zero attached hydrogens (tertiary/aromatic N) is 1. The fraction of sp³-hybridized carbons (Fsp3) is 0.423. The van der Waals surface area contributed by atoms with Crippen LogP contribution in [0.5, 0.6) is 0 Å². The second kappa shape index (κ2) is 9.70. The van der Waals surface area contributed by atoms with Crippen molar-refractivity contribution >= 4 is 29.7 Å². The highest BCUT2D eigenvalue weighted by Gasteiger charge is 2.47. The van der Waals surface area contributed by atoms with Crippen LogP contribution >= 0.6 is 11.8 Å². The van der Waals surface area contributed by atoms with Crippen molar-refractivity contribution in [3.05, 3.63) is 59.7 Å². The van der Waals surface area contributed by atoms with E-state index in [-0.39, 0.29) is 17.9 Å². The summed E-state index contributed by atoms with van der Waals surface area (Å²) in [5, 5.41) is 12.1. The summed E-state index contributed by atoms with van der Waals surface area (Å²) in [5.74, 6) is -1.17. The zero-order valence-corrected chi connectivity index (χ0v) is 20.4. The number of fused-ring (bicyclic) bond motifs is 3. The number of benzene rings is 2. The Labute approximate surface area is 203 Å².